The van der Waals surface area contributed by atoms with Crippen LogP contribution in [0.3, 0.4) is 0 Å². The Labute approximate surface area is 131 Å². The molecule has 22 heavy (non-hydrogen) atoms. The zero-order valence-corrected chi connectivity index (χ0v) is 12.6. The highest BCUT2D eigenvalue weighted by molar-refractivity contribution is 5.59. The Morgan fingerprint density at radius 1 is 0.727 bits per heavy atom. The Morgan fingerprint density at radius 3 is 2.05 bits per heavy atom. The van der Waals surface area contributed by atoms with E-state index < -0.39 is 0 Å². The lowest BCUT2D eigenvalue weighted by atomic mass is 10.2. The minimum absolute atomic E-state index is 0.589. The summed E-state index contributed by atoms with van der Waals surface area (Å²) in [6.45, 7) is 2.68. The van der Waals surface area contributed by atoms with Crippen molar-refractivity contribution in [1.82, 2.24) is 0 Å². The number of rotatable bonds is 5. The molecule has 0 radical (unpaired) electrons. The third-order valence-corrected chi connectivity index (χ3v) is 3.44. The fourth-order valence-corrected chi connectivity index (χ4v) is 2.17. The summed E-state index contributed by atoms with van der Waals surface area (Å²) in [5.74, 6) is 0.874. The second-order valence-corrected chi connectivity index (χ2v) is 5.29. The highest BCUT2D eigenvalue weighted by Gasteiger charge is 1.98. The number of anilines is 2. The molecule has 0 spiro atoms. The van der Waals surface area contributed by atoms with Crippen molar-refractivity contribution in [3.8, 4) is 5.75 Å². The fourth-order valence-electron chi connectivity index (χ4n) is 2.17. The number of para-hydroxylation sites is 1. The van der Waals surface area contributed by atoms with Crippen molar-refractivity contribution in [3.63, 3.8) is 0 Å². The molecule has 1 N–H and O–H groups in total. The molecule has 0 atom stereocenters. The third-order valence-electron chi connectivity index (χ3n) is 3.44. The molecule has 0 bridgehead atoms. The molecule has 3 aromatic rings. The molecule has 0 aliphatic rings. The molecule has 110 valence electrons. The molecule has 0 saturated carbocycles. The number of benzene rings is 3. The SMILES string of the molecule is Cc1ccc(COc2ccc(Nc3ccccc3)cc2)cc1. The summed E-state index contributed by atoms with van der Waals surface area (Å²) in [7, 11) is 0. The van der Waals surface area contributed by atoms with Crippen molar-refractivity contribution in [3.05, 3.63) is 90.0 Å². The molecule has 3 rings (SSSR count). The summed E-state index contributed by atoms with van der Waals surface area (Å²) in [5.41, 5.74) is 4.57. The van der Waals surface area contributed by atoms with Crippen LogP contribution in [0.5, 0.6) is 5.75 Å². The first kappa shape index (κ1) is 14.2. The zero-order chi connectivity index (χ0) is 15.2. The van der Waals surface area contributed by atoms with E-state index >= 15 is 0 Å². The lowest BCUT2D eigenvalue weighted by Gasteiger charge is -2.09. The van der Waals surface area contributed by atoms with Crippen molar-refractivity contribution in [1.29, 1.82) is 0 Å². The number of hydrogen-bond donors (Lipinski definition) is 1. The third kappa shape index (κ3) is 3.89. The number of aryl methyl sites for hydroxylation is 1. The lowest BCUT2D eigenvalue weighted by molar-refractivity contribution is 0.306. The summed E-state index contributed by atoms with van der Waals surface area (Å²) in [5, 5.41) is 3.36. The summed E-state index contributed by atoms with van der Waals surface area (Å²) in [6.07, 6.45) is 0. The first-order chi connectivity index (χ1) is 10.8. The van der Waals surface area contributed by atoms with Gasteiger partial charge < -0.3 is 10.1 Å². The standard InChI is InChI=1S/C20H19NO/c1-16-7-9-17(10-8-16)15-22-20-13-11-19(12-14-20)21-18-5-3-2-4-6-18/h2-14,21H,15H2,1H3. The van der Waals surface area contributed by atoms with Gasteiger partial charge in [-0.15, -0.1) is 0 Å². The first-order valence-corrected chi connectivity index (χ1v) is 7.40. The minimum atomic E-state index is 0.589. The Bertz CT molecular complexity index is 703. The Morgan fingerprint density at radius 2 is 1.36 bits per heavy atom. The highest BCUT2D eigenvalue weighted by Crippen LogP contribution is 2.20. The summed E-state index contributed by atoms with van der Waals surface area (Å²) in [6, 6.07) is 26.5. The second kappa shape index (κ2) is 6.81. The predicted octanol–water partition coefficient (Wildman–Crippen LogP) is 5.32. The van der Waals surface area contributed by atoms with Crippen molar-refractivity contribution < 1.29 is 4.74 Å². The van der Waals surface area contributed by atoms with E-state index in [-0.39, 0.29) is 0 Å². The number of hydrogen-bond acceptors (Lipinski definition) is 2. The van der Waals surface area contributed by atoms with Gasteiger partial charge >= 0.3 is 0 Å². The van der Waals surface area contributed by atoms with Gasteiger partial charge in [0, 0.05) is 11.4 Å². The van der Waals surface area contributed by atoms with Crippen LogP contribution in [0.1, 0.15) is 11.1 Å². The molecule has 2 heteroatoms. The van der Waals surface area contributed by atoms with E-state index in [0.717, 1.165) is 17.1 Å². The molecule has 0 saturated heterocycles. The largest absolute Gasteiger partial charge is 0.489 e. The molecule has 0 aliphatic heterocycles. The first-order valence-electron chi connectivity index (χ1n) is 7.40. The maximum absolute atomic E-state index is 5.81. The van der Waals surface area contributed by atoms with E-state index in [4.69, 9.17) is 4.74 Å². The fraction of sp³-hybridized carbons (Fsp3) is 0.100. The molecular weight excluding hydrogens is 270 g/mol. The highest BCUT2D eigenvalue weighted by atomic mass is 16.5. The van der Waals surface area contributed by atoms with E-state index in [0.29, 0.717) is 6.61 Å². The van der Waals surface area contributed by atoms with Gasteiger partial charge in [0.05, 0.1) is 0 Å². The minimum Gasteiger partial charge on any atom is -0.489 e. The van der Waals surface area contributed by atoms with Crippen LogP contribution >= 0.6 is 0 Å². The van der Waals surface area contributed by atoms with Crippen molar-refractivity contribution in [2.75, 3.05) is 5.32 Å². The maximum Gasteiger partial charge on any atom is 0.119 e. The van der Waals surface area contributed by atoms with Crippen LogP contribution < -0.4 is 10.1 Å². The second-order valence-electron chi connectivity index (χ2n) is 5.29. The van der Waals surface area contributed by atoms with Crippen molar-refractivity contribution in [2.45, 2.75) is 13.5 Å². The van der Waals surface area contributed by atoms with Crippen LogP contribution in [0.25, 0.3) is 0 Å². The average molecular weight is 289 g/mol. The van der Waals surface area contributed by atoms with E-state index in [1.165, 1.54) is 11.1 Å². The summed E-state index contributed by atoms with van der Waals surface area (Å²) >= 11 is 0. The number of nitrogens with one attached hydrogen (secondary N) is 1. The van der Waals surface area contributed by atoms with Gasteiger partial charge in [-0.3, -0.25) is 0 Å². The van der Waals surface area contributed by atoms with Gasteiger partial charge in [-0.25, -0.2) is 0 Å². The van der Waals surface area contributed by atoms with Gasteiger partial charge in [0.15, 0.2) is 0 Å². The van der Waals surface area contributed by atoms with Gasteiger partial charge in [-0.2, -0.15) is 0 Å². The normalized spacial score (nSPS) is 10.2. The Kier molecular flexibility index (Phi) is 4.40. The monoisotopic (exact) mass is 289 g/mol. The van der Waals surface area contributed by atoms with Gasteiger partial charge in [-0.1, -0.05) is 48.0 Å². The molecule has 0 amide bonds. The van der Waals surface area contributed by atoms with Crippen LogP contribution in [0, 0.1) is 6.92 Å². The van der Waals surface area contributed by atoms with Gasteiger partial charge in [-0.05, 0) is 48.9 Å². The molecular formula is C20H19NO. The maximum atomic E-state index is 5.81. The summed E-state index contributed by atoms with van der Waals surface area (Å²) < 4.78 is 5.81. The molecule has 3 aromatic carbocycles. The molecule has 2 nitrogen and oxygen atoms in total. The van der Waals surface area contributed by atoms with Crippen LogP contribution in [0.2, 0.25) is 0 Å². The van der Waals surface area contributed by atoms with E-state index in [1.807, 2.05) is 54.6 Å². The number of ether oxygens (including phenoxy) is 1. The van der Waals surface area contributed by atoms with Crippen LogP contribution in [0.4, 0.5) is 11.4 Å². The van der Waals surface area contributed by atoms with Crippen molar-refractivity contribution in [2.24, 2.45) is 0 Å². The van der Waals surface area contributed by atoms with E-state index in [9.17, 15) is 0 Å². The van der Waals surface area contributed by atoms with Crippen LogP contribution in [-0.4, -0.2) is 0 Å². The van der Waals surface area contributed by atoms with Crippen molar-refractivity contribution >= 4 is 11.4 Å². The van der Waals surface area contributed by atoms with E-state index in [1.54, 1.807) is 0 Å². The molecule has 0 unspecified atom stereocenters. The molecule has 0 fully saturated rings. The molecule has 0 heterocycles. The molecule has 0 aliphatic carbocycles. The Hall–Kier alpha value is -2.74. The molecule has 0 aromatic heterocycles. The average Bonchev–Trinajstić information content (AvgIpc) is 2.57. The van der Waals surface area contributed by atoms with Gasteiger partial charge in [0.1, 0.15) is 12.4 Å². The lowest BCUT2D eigenvalue weighted by Crippen LogP contribution is -1.95. The van der Waals surface area contributed by atoms with Gasteiger partial charge in [0.25, 0.3) is 0 Å². The smallest absolute Gasteiger partial charge is 0.119 e. The van der Waals surface area contributed by atoms with Crippen LogP contribution in [-0.2, 0) is 6.61 Å². The van der Waals surface area contributed by atoms with Gasteiger partial charge in [0.2, 0.25) is 0 Å². The predicted molar refractivity (Wildman–Crippen MR) is 91.7 cm³/mol. The zero-order valence-electron chi connectivity index (χ0n) is 12.6. The quantitative estimate of drug-likeness (QED) is 0.686. The topological polar surface area (TPSA) is 21.3 Å². The van der Waals surface area contributed by atoms with Crippen LogP contribution in [0.15, 0.2) is 78.9 Å². The summed E-state index contributed by atoms with van der Waals surface area (Å²) in [4.78, 5) is 0. The Balaban J connectivity index is 1.58. The van der Waals surface area contributed by atoms with E-state index in [2.05, 4.69) is 36.5 Å².